The molecule has 2 amide bonds. The van der Waals surface area contributed by atoms with Crippen LogP contribution >= 0.6 is 0 Å². The van der Waals surface area contributed by atoms with Crippen LogP contribution in [0.15, 0.2) is 58.7 Å². The van der Waals surface area contributed by atoms with Gasteiger partial charge in [0.05, 0.1) is 26.6 Å². The van der Waals surface area contributed by atoms with Crippen molar-refractivity contribution in [2.24, 2.45) is 16.1 Å². The molecule has 0 aromatic heterocycles. The lowest BCUT2D eigenvalue weighted by Gasteiger charge is -2.10. The molecule has 0 aliphatic rings. The Morgan fingerprint density at radius 2 is 1.34 bits per heavy atom. The molecule has 0 aliphatic heterocycles. The van der Waals surface area contributed by atoms with Gasteiger partial charge >= 0.3 is 0 Å². The van der Waals surface area contributed by atoms with Crippen molar-refractivity contribution in [3.8, 4) is 11.5 Å². The fourth-order valence-electron chi connectivity index (χ4n) is 2.43. The third-order valence-corrected chi connectivity index (χ3v) is 4.01. The Balaban J connectivity index is 1.91. The molecule has 2 rings (SSSR count). The van der Waals surface area contributed by atoms with Crippen LogP contribution in [0.1, 0.15) is 24.5 Å². The zero-order valence-electron chi connectivity index (χ0n) is 16.6. The van der Waals surface area contributed by atoms with Crippen molar-refractivity contribution in [2.75, 3.05) is 14.2 Å². The van der Waals surface area contributed by atoms with Crippen LogP contribution in [0.5, 0.6) is 11.5 Å². The number of benzene rings is 2. The number of hydrazone groups is 2. The lowest BCUT2D eigenvalue weighted by molar-refractivity contribution is -0.135. The van der Waals surface area contributed by atoms with E-state index in [9.17, 15) is 9.59 Å². The molecule has 29 heavy (non-hydrogen) atoms. The van der Waals surface area contributed by atoms with Crippen LogP contribution in [-0.2, 0) is 9.59 Å². The highest BCUT2D eigenvalue weighted by atomic mass is 16.5. The molecule has 0 fully saturated rings. The summed E-state index contributed by atoms with van der Waals surface area (Å²) in [4.78, 5) is 24.5. The number of hydrogen-bond donors (Lipinski definition) is 2. The maximum absolute atomic E-state index is 12.3. The number of carbonyl (C=O) groups is 2. The number of ether oxygens (including phenoxy) is 2. The first-order valence-corrected chi connectivity index (χ1v) is 9.01. The van der Waals surface area contributed by atoms with E-state index in [1.54, 1.807) is 45.4 Å². The Morgan fingerprint density at radius 1 is 0.897 bits per heavy atom. The fraction of sp³-hybridized carbons (Fsp3) is 0.238. The van der Waals surface area contributed by atoms with Crippen molar-refractivity contribution < 1.29 is 19.1 Å². The van der Waals surface area contributed by atoms with Gasteiger partial charge in [0, 0.05) is 0 Å². The Hall–Kier alpha value is -3.68. The summed E-state index contributed by atoms with van der Waals surface area (Å²) in [5, 5.41) is 7.81. The molecule has 2 N–H and O–H groups in total. The first-order valence-electron chi connectivity index (χ1n) is 9.01. The minimum Gasteiger partial charge on any atom is -0.497 e. The highest BCUT2D eigenvalue weighted by molar-refractivity contribution is 6.00. The smallest absolute Gasteiger partial charge is 0.252 e. The molecule has 0 heterocycles. The third-order valence-electron chi connectivity index (χ3n) is 4.01. The lowest BCUT2D eigenvalue weighted by atomic mass is 10.1. The Morgan fingerprint density at radius 3 is 1.72 bits per heavy atom. The summed E-state index contributed by atoms with van der Waals surface area (Å²) >= 11 is 0. The molecule has 0 atom stereocenters. The Bertz CT molecular complexity index is 824. The highest BCUT2D eigenvalue weighted by Crippen LogP contribution is 2.11. The van der Waals surface area contributed by atoms with Gasteiger partial charge in [-0.15, -0.1) is 0 Å². The summed E-state index contributed by atoms with van der Waals surface area (Å²) in [5.41, 5.74) is 6.28. The van der Waals surface area contributed by atoms with Crippen LogP contribution in [-0.4, -0.2) is 38.5 Å². The number of nitrogens with one attached hydrogen (secondary N) is 2. The predicted octanol–water partition coefficient (Wildman–Crippen LogP) is 2.33. The molecule has 0 spiro atoms. The van der Waals surface area contributed by atoms with Crippen molar-refractivity contribution in [3.63, 3.8) is 0 Å². The molecule has 0 saturated carbocycles. The first kappa shape index (κ1) is 21.6. The second-order valence-electron chi connectivity index (χ2n) is 5.98. The minimum atomic E-state index is -0.917. The van der Waals surface area contributed by atoms with Gasteiger partial charge in [0.15, 0.2) is 0 Å². The van der Waals surface area contributed by atoms with Crippen LogP contribution in [0.4, 0.5) is 0 Å². The van der Waals surface area contributed by atoms with E-state index in [4.69, 9.17) is 9.47 Å². The largest absolute Gasteiger partial charge is 0.497 e. The molecule has 2 aromatic rings. The van der Waals surface area contributed by atoms with E-state index in [0.29, 0.717) is 17.9 Å². The van der Waals surface area contributed by atoms with Gasteiger partial charge in [-0.3, -0.25) is 9.59 Å². The summed E-state index contributed by atoms with van der Waals surface area (Å²) in [5.74, 6) is -0.582. The van der Waals surface area contributed by atoms with Crippen LogP contribution in [0.3, 0.4) is 0 Å². The molecule has 8 nitrogen and oxygen atoms in total. The third kappa shape index (κ3) is 6.76. The molecule has 0 bridgehead atoms. The average molecular weight is 396 g/mol. The van der Waals surface area contributed by atoms with E-state index >= 15 is 0 Å². The van der Waals surface area contributed by atoms with Crippen molar-refractivity contribution in [2.45, 2.75) is 13.3 Å². The van der Waals surface area contributed by atoms with Crippen LogP contribution in [0.2, 0.25) is 0 Å². The van der Waals surface area contributed by atoms with E-state index < -0.39 is 17.7 Å². The predicted molar refractivity (Wildman–Crippen MR) is 111 cm³/mol. The molecule has 0 unspecified atom stereocenters. The van der Waals surface area contributed by atoms with Gasteiger partial charge in [0.2, 0.25) is 0 Å². The van der Waals surface area contributed by atoms with E-state index in [2.05, 4.69) is 21.1 Å². The number of carbonyl (C=O) groups excluding carboxylic acids is 2. The summed E-state index contributed by atoms with van der Waals surface area (Å²) in [7, 11) is 3.14. The highest BCUT2D eigenvalue weighted by Gasteiger charge is 2.24. The van der Waals surface area contributed by atoms with Gasteiger partial charge in [-0.25, -0.2) is 10.9 Å². The maximum Gasteiger partial charge on any atom is 0.252 e. The summed E-state index contributed by atoms with van der Waals surface area (Å²) in [6.07, 6.45) is 3.26. The number of nitrogens with zero attached hydrogens (tertiary/aromatic N) is 2. The molecule has 2 aromatic carbocycles. The van der Waals surface area contributed by atoms with Gasteiger partial charge in [-0.2, -0.15) is 10.2 Å². The number of hydrogen-bond acceptors (Lipinski definition) is 6. The van der Waals surface area contributed by atoms with Crippen LogP contribution in [0.25, 0.3) is 0 Å². The monoisotopic (exact) mass is 396 g/mol. The molecule has 152 valence electrons. The molecular weight excluding hydrogens is 372 g/mol. The van der Waals surface area contributed by atoms with Crippen LogP contribution in [0, 0.1) is 5.92 Å². The minimum absolute atomic E-state index is 0.307. The van der Waals surface area contributed by atoms with Crippen molar-refractivity contribution in [3.05, 3.63) is 59.7 Å². The average Bonchev–Trinajstić information content (AvgIpc) is 2.74. The van der Waals surface area contributed by atoms with E-state index in [0.717, 1.165) is 11.1 Å². The molecule has 0 radical (unpaired) electrons. The van der Waals surface area contributed by atoms with E-state index in [1.807, 2.05) is 24.3 Å². The van der Waals surface area contributed by atoms with Crippen molar-refractivity contribution in [1.29, 1.82) is 0 Å². The number of amides is 2. The fourth-order valence-corrected chi connectivity index (χ4v) is 2.43. The molecule has 0 aliphatic carbocycles. The molecule has 0 saturated heterocycles. The Labute approximate surface area is 169 Å². The zero-order valence-corrected chi connectivity index (χ0v) is 16.6. The second-order valence-corrected chi connectivity index (χ2v) is 5.98. The quantitative estimate of drug-likeness (QED) is 0.386. The van der Waals surface area contributed by atoms with Gasteiger partial charge in [-0.1, -0.05) is 31.2 Å². The summed E-state index contributed by atoms with van der Waals surface area (Å²) < 4.78 is 10.3. The van der Waals surface area contributed by atoms with Gasteiger partial charge in [0.25, 0.3) is 11.8 Å². The second kappa shape index (κ2) is 11.2. The number of rotatable bonds is 9. The topological polar surface area (TPSA) is 101 Å². The lowest BCUT2D eigenvalue weighted by Crippen LogP contribution is -2.37. The zero-order chi connectivity index (χ0) is 21.1. The molecule has 8 heteroatoms. The van der Waals surface area contributed by atoms with E-state index in [-0.39, 0.29) is 0 Å². The first-order chi connectivity index (χ1) is 14.1. The van der Waals surface area contributed by atoms with Crippen molar-refractivity contribution in [1.82, 2.24) is 10.9 Å². The van der Waals surface area contributed by atoms with Gasteiger partial charge in [-0.05, 0) is 41.8 Å². The van der Waals surface area contributed by atoms with Crippen molar-refractivity contribution >= 4 is 24.2 Å². The molecular formula is C21H24N4O4. The van der Waals surface area contributed by atoms with Gasteiger partial charge < -0.3 is 9.47 Å². The normalized spacial score (nSPS) is 11.0. The SMILES string of the molecule is CCC(C(=O)N/N=C/c1cccc(OC)c1)C(=O)N/N=C/c1cccc(OC)c1. The van der Waals surface area contributed by atoms with Gasteiger partial charge in [0.1, 0.15) is 17.4 Å². The summed E-state index contributed by atoms with van der Waals surface area (Å²) in [6.45, 7) is 1.74. The Kier molecular flexibility index (Phi) is 8.37. The van der Waals surface area contributed by atoms with E-state index in [1.165, 1.54) is 12.4 Å². The number of methoxy groups -OCH3 is 2. The maximum atomic E-state index is 12.3. The van der Waals surface area contributed by atoms with Crippen LogP contribution < -0.4 is 20.3 Å². The standard InChI is InChI=1S/C21H24N4O4/c1-4-19(20(26)24-22-13-15-7-5-9-17(11-15)28-2)21(27)25-23-14-16-8-6-10-18(12-16)29-3/h5-14,19H,4H2,1-3H3,(H,24,26)(H,25,27)/b22-13+,23-14+. The summed E-state index contributed by atoms with van der Waals surface area (Å²) in [6, 6.07) is 14.4.